The first-order valence-electron chi connectivity index (χ1n) is 5.64. The van der Waals surface area contributed by atoms with E-state index in [1.165, 1.54) is 6.33 Å². The highest BCUT2D eigenvalue weighted by Crippen LogP contribution is 2.07. The Hall–Kier alpha value is -1.78. The van der Waals surface area contributed by atoms with Gasteiger partial charge in [0.1, 0.15) is 5.82 Å². The molecule has 0 atom stereocenters. The highest BCUT2D eigenvalue weighted by atomic mass is 16.5. The Kier molecular flexibility index (Phi) is 5.26. The Morgan fingerprint density at radius 3 is 1.88 bits per heavy atom. The molecule has 2 rings (SSSR count). The first-order chi connectivity index (χ1) is 8.11. The maximum absolute atomic E-state index is 4.73. The normalized spacial score (nSPS) is 10.2. The van der Waals surface area contributed by atoms with Crippen LogP contribution in [0.2, 0.25) is 0 Å². The Morgan fingerprint density at radius 1 is 0.941 bits per heavy atom. The van der Waals surface area contributed by atoms with E-state index in [1.54, 1.807) is 12.4 Å². The summed E-state index contributed by atoms with van der Waals surface area (Å²) in [5.74, 6) is 2.39. The van der Waals surface area contributed by atoms with Gasteiger partial charge >= 0.3 is 0 Å². The molecule has 0 aromatic carbocycles. The molecule has 0 N–H and O–H groups in total. The van der Waals surface area contributed by atoms with Crippen LogP contribution < -0.4 is 0 Å². The van der Waals surface area contributed by atoms with Gasteiger partial charge in [-0.25, -0.2) is 9.97 Å². The monoisotopic (exact) mass is 234 g/mol. The molecule has 0 aliphatic heterocycles. The molecule has 0 bridgehead atoms. The Morgan fingerprint density at radius 2 is 1.59 bits per heavy atom. The summed E-state index contributed by atoms with van der Waals surface area (Å²) >= 11 is 0. The highest BCUT2D eigenvalue weighted by Gasteiger charge is 2.01. The van der Waals surface area contributed by atoms with Crippen LogP contribution in [0.15, 0.2) is 29.3 Å². The van der Waals surface area contributed by atoms with Gasteiger partial charge in [0.2, 0.25) is 5.89 Å². The third-order valence-corrected chi connectivity index (χ3v) is 1.97. The molecule has 2 aromatic heterocycles. The minimum atomic E-state index is 0.345. The quantitative estimate of drug-likeness (QED) is 0.799. The Bertz CT molecular complexity index is 398. The summed E-state index contributed by atoms with van der Waals surface area (Å²) in [6.07, 6.45) is 4.94. The van der Waals surface area contributed by atoms with E-state index >= 15 is 0 Å². The largest absolute Gasteiger partial charge is 0.339 e. The Labute approximate surface area is 101 Å². The summed E-state index contributed by atoms with van der Waals surface area (Å²) in [5, 5.41) is 3.46. The fourth-order valence-electron chi connectivity index (χ4n) is 1.04. The van der Waals surface area contributed by atoms with Gasteiger partial charge in [0.25, 0.3) is 0 Å². The first-order valence-corrected chi connectivity index (χ1v) is 5.64. The van der Waals surface area contributed by atoms with Gasteiger partial charge in [0, 0.05) is 24.2 Å². The molecule has 5 nitrogen and oxygen atoms in total. The molecule has 0 saturated carbocycles. The molecule has 5 heteroatoms. The minimum Gasteiger partial charge on any atom is -0.339 e. The van der Waals surface area contributed by atoms with Gasteiger partial charge in [-0.2, -0.15) is 4.98 Å². The molecule has 0 amide bonds. The Balaban J connectivity index is 0.000000171. The van der Waals surface area contributed by atoms with E-state index in [4.69, 9.17) is 4.52 Å². The molecule has 0 radical (unpaired) electrons. The maximum atomic E-state index is 4.73. The van der Waals surface area contributed by atoms with Gasteiger partial charge in [-0.05, 0) is 6.07 Å². The van der Waals surface area contributed by atoms with Gasteiger partial charge in [-0.15, -0.1) is 0 Å². The summed E-state index contributed by atoms with van der Waals surface area (Å²) in [6.45, 7) is 8.17. The lowest BCUT2D eigenvalue weighted by Gasteiger charge is -1.98. The fraction of sp³-hybridized carbons (Fsp3) is 0.500. The van der Waals surface area contributed by atoms with Crippen LogP contribution in [0.25, 0.3) is 0 Å². The van der Waals surface area contributed by atoms with E-state index < -0.39 is 0 Å². The van der Waals surface area contributed by atoms with Crippen LogP contribution >= 0.6 is 0 Å². The molecule has 17 heavy (non-hydrogen) atoms. The van der Waals surface area contributed by atoms with Crippen molar-refractivity contribution >= 4 is 0 Å². The van der Waals surface area contributed by atoms with Crippen LogP contribution in [0, 0.1) is 0 Å². The van der Waals surface area contributed by atoms with E-state index in [0.717, 1.165) is 5.82 Å². The summed E-state index contributed by atoms with van der Waals surface area (Å²) in [4.78, 5) is 12.0. The zero-order valence-electron chi connectivity index (χ0n) is 10.7. The van der Waals surface area contributed by atoms with Gasteiger partial charge in [-0.3, -0.25) is 0 Å². The number of aromatic nitrogens is 4. The second-order valence-electron chi connectivity index (χ2n) is 4.20. The molecule has 0 spiro atoms. The minimum absolute atomic E-state index is 0.345. The number of hydrogen-bond donors (Lipinski definition) is 0. The van der Waals surface area contributed by atoms with Crippen molar-refractivity contribution in [3.63, 3.8) is 0 Å². The lowest BCUT2D eigenvalue weighted by Crippen LogP contribution is -1.93. The van der Waals surface area contributed by atoms with E-state index in [0.29, 0.717) is 17.7 Å². The summed E-state index contributed by atoms with van der Waals surface area (Å²) in [6, 6.07) is 1.83. The maximum Gasteiger partial charge on any atom is 0.228 e. The molecule has 0 unspecified atom stereocenters. The lowest BCUT2D eigenvalue weighted by atomic mass is 10.2. The third kappa shape index (κ3) is 4.72. The molecule has 2 heterocycles. The van der Waals surface area contributed by atoms with Gasteiger partial charge in [-0.1, -0.05) is 32.9 Å². The van der Waals surface area contributed by atoms with Crippen molar-refractivity contribution in [3.05, 3.63) is 36.5 Å². The van der Waals surface area contributed by atoms with Crippen molar-refractivity contribution in [2.45, 2.75) is 39.5 Å². The number of rotatable bonds is 2. The molecular formula is C12H18N4O. The average Bonchev–Trinajstić information content (AvgIpc) is 2.84. The average molecular weight is 234 g/mol. The topological polar surface area (TPSA) is 64.7 Å². The van der Waals surface area contributed by atoms with E-state index in [1.807, 2.05) is 19.9 Å². The van der Waals surface area contributed by atoms with Crippen molar-refractivity contribution in [2.75, 3.05) is 0 Å². The van der Waals surface area contributed by atoms with Crippen LogP contribution in [0.3, 0.4) is 0 Å². The second-order valence-corrected chi connectivity index (χ2v) is 4.20. The number of hydrogen-bond acceptors (Lipinski definition) is 5. The first kappa shape index (κ1) is 13.3. The zero-order chi connectivity index (χ0) is 12.7. The van der Waals surface area contributed by atoms with Crippen molar-refractivity contribution in [1.29, 1.82) is 0 Å². The van der Waals surface area contributed by atoms with Crippen LogP contribution in [-0.4, -0.2) is 20.1 Å². The van der Waals surface area contributed by atoms with E-state index in [-0.39, 0.29) is 0 Å². The van der Waals surface area contributed by atoms with E-state index in [9.17, 15) is 0 Å². The van der Waals surface area contributed by atoms with E-state index in [2.05, 4.69) is 34.0 Å². The summed E-state index contributed by atoms with van der Waals surface area (Å²) in [5.41, 5.74) is 0. The number of nitrogens with zero attached hydrogens (tertiary/aromatic N) is 4. The fourth-order valence-corrected chi connectivity index (χ4v) is 1.04. The van der Waals surface area contributed by atoms with Crippen LogP contribution in [-0.2, 0) is 0 Å². The van der Waals surface area contributed by atoms with Crippen LogP contribution in [0.5, 0.6) is 0 Å². The molecule has 0 aliphatic carbocycles. The molecule has 2 aromatic rings. The molecule has 92 valence electrons. The SMILES string of the molecule is CC(C)c1ncccn1.CC(C)c1ncno1. The highest BCUT2D eigenvalue weighted by molar-refractivity contribution is 4.92. The van der Waals surface area contributed by atoms with Gasteiger partial charge < -0.3 is 4.52 Å². The predicted octanol–water partition coefficient (Wildman–Crippen LogP) is 2.79. The second kappa shape index (κ2) is 6.73. The van der Waals surface area contributed by atoms with Gasteiger partial charge in [0.15, 0.2) is 6.33 Å². The summed E-state index contributed by atoms with van der Waals surface area (Å²) < 4.78 is 4.73. The predicted molar refractivity (Wildman–Crippen MR) is 64.5 cm³/mol. The lowest BCUT2D eigenvalue weighted by molar-refractivity contribution is 0.364. The van der Waals surface area contributed by atoms with Crippen LogP contribution in [0.4, 0.5) is 0 Å². The molecular weight excluding hydrogens is 216 g/mol. The molecule has 0 fully saturated rings. The zero-order valence-corrected chi connectivity index (χ0v) is 10.7. The van der Waals surface area contributed by atoms with Crippen molar-refractivity contribution < 1.29 is 4.52 Å². The third-order valence-electron chi connectivity index (χ3n) is 1.97. The van der Waals surface area contributed by atoms with Gasteiger partial charge in [0.05, 0.1) is 0 Å². The van der Waals surface area contributed by atoms with Crippen LogP contribution in [0.1, 0.15) is 51.2 Å². The van der Waals surface area contributed by atoms with Crippen molar-refractivity contribution in [1.82, 2.24) is 20.1 Å². The summed E-state index contributed by atoms with van der Waals surface area (Å²) in [7, 11) is 0. The van der Waals surface area contributed by atoms with Crippen molar-refractivity contribution in [3.8, 4) is 0 Å². The molecule has 0 saturated heterocycles. The smallest absolute Gasteiger partial charge is 0.228 e. The standard InChI is InChI=1S/C7H10N2.C5H8N2O/c1-6(2)7-8-4-3-5-9-7;1-4(2)5-6-3-7-8-5/h3-6H,1-2H3;3-4H,1-2H3. The molecule has 0 aliphatic rings. The van der Waals surface area contributed by atoms with Crippen molar-refractivity contribution in [2.24, 2.45) is 0 Å².